The maximum Gasteiger partial charge on any atom is 0.0403 e. The molecule has 0 aliphatic carbocycles. The van der Waals surface area contributed by atoms with Gasteiger partial charge in [-0.25, -0.2) is 0 Å². The number of anilines is 1. The van der Waals surface area contributed by atoms with Crippen molar-refractivity contribution >= 4 is 17.4 Å². The molecule has 0 heterocycles. The second-order valence-electron chi connectivity index (χ2n) is 4.95. The van der Waals surface area contributed by atoms with E-state index in [0.29, 0.717) is 0 Å². The zero-order chi connectivity index (χ0) is 13.8. The zero-order valence-corrected chi connectivity index (χ0v) is 12.9. The summed E-state index contributed by atoms with van der Waals surface area (Å²) in [6.45, 7) is 7.40. The van der Waals surface area contributed by atoms with Gasteiger partial charge in [-0.3, -0.25) is 0 Å². The van der Waals surface area contributed by atoms with Crippen molar-refractivity contribution in [2.75, 3.05) is 11.6 Å². The number of thioether (sulfide) groups is 1. The van der Waals surface area contributed by atoms with Crippen molar-refractivity contribution < 1.29 is 0 Å². The number of nitrogens with one attached hydrogen (secondary N) is 1. The lowest BCUT2D eigenvalue weighted by Crippen LogP contribution is -2.02. The Morgan fingerprint density at radius 3 is 2.16 bits per heavy atom. The molecule has 2 heteroatoms. The lowest BCUT2D eigenvalue weighted by molar-refractivity contribution is 1.10. The minimum absolute atomic E-state index is 0.881. The van der Waals surface area contributed by atoms with Crippen LogP contribution in [0.3, 0.4) is 0 Å². The molecule has 0 amide bonds. The molecule has 0 saturated heterocycles. The van der Waals surface area contributed by atoms with E-state index in [4.69, 9.17) is 0 Å². The van der Waals surface area contributed by atoms with Gasteiger partial charge >= 0.3 is 0 Å². The summed E-state index contributed by atoms with van der Waals surface area (Å²) in [6, 6.07) is 13.1. The molecule has 2 aromatic rings. The molecular weight excluding hydrogens is 250 g/mol. The van der Waals surface area contributed by atoms with Gasteiger partial charge in [0, 0.05) is 17.1 Å². The fourth-order valence-electron chi connectivity index (χ4n) is 2.12. The van der Waals surface area contributed by atoms with Crippen molar-refractivity contribution in [3.8, 4) is 0 Å². The molecule has 0 atom stereocenters. The van der Waals surface area contributed by atoms with E-state index in [9.17, 15) is 0 Å². The van der Waals surface area contributed by atoms with Crippen molar-refractivity contribution in [2.24, 2.45) is 0 Å². The first kappa shape index (κ1) is 14.0. The summed E-state index contributed by atoms with van der Waals surface area (Å²) in [7, 11) is 0. The van der Waals surface area contributed by atoms with Crippen LogP contribution in [-0.2, 0) is 6.54 Å². The van der Waals surface area contributed by atoms with Crippen molar-refractivity contribution in [2.45, 2.75) is 32.2 Å². The maximum atomic E-state index is 3.49. The highest BCUT2D eigenvalue weighted by Crippen LogP contribution is 2.20. The molecule has 2 aromatic carbocycles. The van der Waals surface area contributed by atoms with E-state index in [1.807, 2.05) is 0 Å². The summed E-state index contributed by atoms with van der Waals surface area (Å²) in [4.78, 5) is 1.30. The van der Waals surface area contributed by atoms with Crippen LogP contribution in [0.5, 0.6) is 0 Å². The third-order valence-corrected chi connectivity index (χ3v) is 4.27. The van der Waals surface area contributed by atoms with Crippen LogP contribution in [0.2, 0.25) is 0 Å². The Morgan fingerprint density at radius 2 is 1.53 bits per heavy atom. The fraction of sp³-hybridized carbons (Fsp3) is 0.294. The van der Waals surface area contributed by atoms with Crippen LogP contribution in [0.1, 0.15) is 22.3 Å². The van der Waals surface area contributed by atoms with Crippen LogP contribution in [0, 0.1) is 20.8 Å². The third-order valence-electron chi connectivity index (χ3n) is 3.53. The molecule has 19 heavy (non-hydrogen) atoms. The zero-order valence-electron chi connectivity index (χ0n) is 12.1. The molecular formula is C17H21NS. The molecule has 0 saturated carbocycles. The minimum atomic E-state index is 0.881. The normalized spacial score (nSPS) is 10.5. The average Bonchev–Trinajstić information content (AvgIpc) is 2.42. The predicted octanol–water partition coefficient (Wildman–Crippen LogP) is 4.95. The topological polar surface area (TPSA) is 12.0 Å². The Morgan fingerprint density at radius 1 is 0.895 bits per heavy atom. The van der Waals surface area contributed by atoms with E-state index in [1.165, 1.54) is 32.8 Å². The summed E-state index contributed by atoms with van der Waals surface area (Å²) < 4.78 is 0. The van der Waals surface area contributed by atoms with Crippen molar-refractivity contribution in [3.63, 3.8) is 0 Å². The summed E-state index contributed by atoms with van der Waals surface area (Å²) in [5, 5.41) is 3.49. The second-order valence-corrected chi connectivity index (χ2v) is 5.82. The second kappa shape index (κ2) is 6.16. The van der Waals surface area contributed by atoms with Gasteiger partial charge in [-0.15, -0.1) is 11.8 Å². The molecule has 100 valence electrons. The average molecular weight is 271 g/mol. The summed E-state index contributed by atoms with van der Waals surface area (Å²) >= 11 is 1.77. The Hall–Kier alpha value is -1.41. The van der Waals surface area contributed by atoms with E-state index in [1.54, 1.807) is 11.8 Å². The van der Waals surface area contributed by atoms with Gasteiger partial charge in [0.15, 0.2) is 0 Å². The highest BCUT2D eigenvalue weighted by molar-refractivity contribution is 7.98. The molecule has 0 aliphatic rings. The lowest BCUT2D eigenvalue weighted by atomic mass is 10.0. The Bertz CT molecular complexity index is 558. The predicted molar refractivity (Wildman–Crippen MR) is 86.2 cm³/mol. The van der Waals surface area contributed by atoms with Crippen LogP contribution < -0.4 is 5.32 Å². The van der Waals surface area contributed by atoms with E-state index in [0.717, 1.165) is 6.54 Å². The largest absolute Gasteiger partial charge is 0.381 e. The Labute approximate surface area is 120 Å². The summed E-state index contributed by atoms with van der Waals surface area (Å²) in [5.41, 5.74) is 6.63. The van der Waals surface area contributed by atoms with Gasteiger partial charge < -0.3 is 5.32 Å². The molecule has 2 rings (SSSR count). The van der Waals surface area contributed by atoms with Crippen LogP contribution in [0.25, 0.3) is 0 Å². The fourth-order valence-corrected chi connectivity index (χ4v) is 2.53. The van der Waals surface area contributed by atoms with E-state index in [2.05, 4.69) is 68.7 Å². The van der Waals surface area contributed by atoms with Gasteiger partial charge in [-0.1, -0.05) is 12.1 Å². The molecule has 0 radical (unpaired) electrons. The van der Waals surface area contributed by atoms with Gasteiger partial charge in [0.25, 0.3) is 0 Å². The van der Waals surface area contributed by atoms with Gasteiger partial charge in [0.05, 0.1) is 0 Å². The Kier molecular flexibility index (Phi) is 4.54. The van der Waals surface area contributed by atoms with Crippen molar-refractivity contribution in [1.29, 1.82) is 0 Å². The van der Waals surface area contributed by atoms with Gasteiger partial charge in [0.2, 0.25) is 0 Å². The first-order valence-corrected chi connectivity index (χ1v) is 7.77. The van der Waals surface area contributed by atoms with E-state index >= 15 is 0 Å². The highest BCUT2D eigenvalue weighted by Gasteiger charge is 2.02. The van der Waals surface area contributed by atoms with Crippen LogP contribution in [0.4, 0.5) is 5.69 Å². The molecule has 0 aliphatic heterocycles. The molecule has 1 nitrogen and oxygen atoms in total. The van der Waals surface area contributed by atoms with Gasteiger partial charge in [-0.05, 0) is 73.5 Å². The smallest absolute Gasteiger partial charge is 0.0403 e. The molecule has 0 aromatic heterocycles. The molecule has 0 spiro atoms. The minimum Gasteiger partial charge on any atom is -0.381 e. The van der Waals surface area contributed by atoms with Crippen molar-refractivity contribution in [3.05, 3.63) is 58.7 Å². The molecule has 0 fully saturated rings. The van der Waals surface area contributed by atoms with Gasteiger partial charge in [0.1, 0.15) is 0 Å². The molecule has 0 bridgehead atoms. The number of rotatable bonds is 4. The summed E-state index contributed by atoms with van der Waals surface area (Å²) in [5.74, 6) is 0. The van der Waals surface area contributed by atoms with E-state index < -0.39 is 0 Å². The van der Waals surface area contributed by atoms with Crippen molar-refractivity contribution in [1.82, 2.24) is 0 Å². The maximum absolute atomic E-state index is 3.49. The Balaban J connectivity index is 2.07. The van der Waals surface area contributed by atoms with Gasteiger partial charge in [-0.2, -0.15) is 0 Å². The number of benzene rings is 2. The standard InChI is InChI=1S/C17H21NS/c1-12-9-14(3)15(10-13(12)2)11-18-16-5-7-17(19-4)8-6-16/h5-10,18H,11H2,1-4H3. The monoisotopic (exact) mass is 271 g/mol. The lowest BCUT2D eigenvalue weighted by Gasteiger charge is -2.12. The molecule has 1 N–H and O–H groups in total. The first-order valence-electron chi connectivity index (χ1n) is 6.55. The number of hydrogen-bond donors (Lipinski definition) is 1. The quantitative estimate of drug-likeness (QED) is 0.790. The van der Waals surface area contributed by atoms with Crippen LogP contribution in [-0.4, -0.2) is 6.26 Å². The van der Waals surface area contributed by atoms with E-state index in [-0.39, 0.29) is 0 Å². The van der Waals surface area contributed by atoms with Crippen LogP contribution >= 0.6 is 11.8 Å². The number of aryl methyl sites for hydroxylation is 3. The van der Waals surface area contributed by atoms with Crippen LogP contribution in [0.15, 0.2) is 41.3 Å². The summed E-state index contributed by atoms with van der Waals surface area (Å²) in [6.07, 6.45) is 2.10. The molecule has 0 unspecified atom stereocenters. The highest BCUT2D eigenvalue weighted by atomic mass is 32.2. The SMILES string of the molecule is CSc1ccc(NCc2cc(C)c(C)cc2C)cc1. The first-order chi connectivity index (χ1) is 9.10. The third kappa shape index (κ3) is 3.54. The number of hydrogen-bond acceptors (Lipinski definition) is 2.